The molecule has 3 rings (SSSR count). The van der Waals surface area contributed by atoms with E-state index in [1.165, 1.54) is 0 Å². The maximum Gasteiger partial charge on any atom is 0.274 e. The number of hydrogen-bond acceptors (Lipinski definition) is 6. The predicted molar refractivity (Wildman–Crippen MR) is 115 cm³/mol. The van der Waals surface area contributed by atoms with Gasteiger partial charge in [0.05, 0.1) is 33.2 Å². The standard InChI is InChI=1S/C22H23N3O4S/c1-25(2)20-10-6-7-11-21(20)30(28)15-17(14-26)23-22(27)19-13-18(29-24-19)12-16-8-4-3-5-9-16/h3-11,13-14,17H,12,15H2,1-2H3,(H,23,27)/t17-,30?/m1/s1. The van der Waals surface area contributed by atoms with Crippen LogP contribution in [0, 0.1) is 0 Å². The maximum atomic E-state index is 12.8. The number of nitrogens with zero attached hydrogens (tertiary/aromatic N) is 2. The van der Waals surface area contributed by atoms with Gasteiger partial charge in [-0.05, 0) is 17.7 Å². The van der Waals surface area contributed by atoms with Gasteiger partial charge in [0, 0.05) is 26.6 Å². The largest absolute Gasteiger partial charge is 0.377 e. The molecule has 0 saturated carbocycles. The average molecular weight is 426 g/mol. The van der Waals surface area contributed by atoms with E-state index in [9.17, 15) is 13.8 Å². The van der Waals surface area contributed by atoms with Crippen molar-refractivity contribution in [2.24, 2.45) is 0 Å². The molecular weight excluding hydrogens is 402 g/mol. The fourth-order valence-corrected chi connectivity index (χ4v) is 4.31. The van der Waals surface area contributed by atoms with Crippen molar-refractivity contribution in [3.05, 3.63) is 77.7 Å². The van der Waals surface area contributed by atoms with Gasteiger partial charge in [0.2, 0.25) is 0 Å². The van der Waals surface area contributed by atoms with Gasteiger partial charge in [-0.1, -0.05) is 47.6 Å². The number of aldehydes is 1. The highest BCUT2D eigenvalue weighted by atomic mass is 32.2. The lowest BCUT2D eigenvalue weighted by molar-refractivity contribution is -0.109. The summed E-state index contributed by atoms with van der Waals surface area (Å²) in [7, 11) is 2.24. The summed E-state index contributed by atoms with van der Waals surface area (Å²) in [6.07, 6.45) is 1.09. The number of carbonyl (C=O) groups is 2. The molecule has 0 aliphatic carbocycles. The van der Waals surface area contributed by atoms with E-state index >= 15 is 0 Å². The highest BCUT2D eigenvalue weighted by Crippen LogP contribution is 2.22. The minimum absolute atomic E-state index is 0.0329. The molecular formula is C22H23N3O4S. The Kier molecular flexibility index (Phi) is 7.13. The SMILES string of the molecule is CN(C)c1ccccc1S(=O)C[C@@H](C=O)NC(=O)c1cc(Cc2ccccc2)on1. The first-order valence-electron chi connectivity index (χ1n) is 9.38. The number of benzene rings is 2. The molecule has 0 spiro atoms. The Hall–Kier alpha value is -3.26. The molecule has 1 heterocycles. The van der Waals surface area contributed by atoms with Gasteiger partial charge in [0.1, 0.15) is 12.0 Å². The van der Waals surface area contributed by atoms with E-state index in [0.717, 1.165) is 11.3 Å². The number of hydrogen-bond donors (Lipinski definition) is 1. The summed E-state index contributed by atoms with van der Waals surface area (Å²) >= 11 is 0. The van der Waals surface area contributed by atoms with Crippen LogP contribution in [-0.2, 0) is 22.0 Å². The summed E-state index contributed by atoms with van der Waals surface area (Å²) in [5.74, 6) is -0.0417. The molecule has 0 aliphatic heterocycles. The minimum atomic E-state index is -1.47. The molecule has 2 aromatic carbocycles. The third kappa shape index (κ3) is 5.42. The first kappa shape index (κ1) is 21.4. The van der Waals surface area contributed by atoms with Crippen molar-refractivity contribution in [3.63, 3.8) is 0 Å². The molecule has 0 saturated heterocycles. The predicted octanol–water partition coefficient (Wildman–Crippen LogP) is 2.44. The second-order valence-electron chi connectivity index (χ2n) is 6.93. The average Bonchev–Trinajstić information content (AvgIpc) is 3.22. The summed E-state index contributed by atoms with van der Waals surface area (Å²) in [5, 5.41) is 6.36. The Morgan fingerprint density at radius 2 is 1.87 bits per heavy atom. The Balaban J connectivity index is 1.64. The van der Waals surface area contributed by atoms with Crippen molar-refractivity contribution < 1.29 is 18.3 Å². The molecule has 2 atom stereocenters. The van der Waals surface area contributed by atoms with Crippen LogP contribution in [-0.4, -0.2) is 47.4 Å². The van der Waals surface area contributed by atoms with Gasteiger partial charge in [-0.3, -0.25) is 9.00 Å². The van der Waals surface area contributed by atoms with E-state index in [4.69, 9.17) is 4.52 Å². The van der Waals surface area contributed by atoms with Crippen molar-refractivity contribution in [1.82, 2.24) is 10.5 Å². The first-order chi connectivity index (χ1) is 14.5. The topological polar surface area (TPSA) is 92.5 Å². The molecule has 0 bridgehead atoms. The summed E-state index contributed by atoms with van der Waals surface area (Å²) in [5.41, 5.74) is 1.91. The van der Waals surface area contributed by atoms with Crippen LogP contribution >= 0.6 is 0 Å². The number of carbonyl (C=O) groups excluding carboxylic acids is 2. The van der Waals surface area contributed by atoms with Crippen LogP contribution in [0.2, 0.25) is 0 Å². The van der Waals surface area contributed by atoms with Crippen molar-refractivity contribution in [3.8, 4) is 0 Å². The lowest BCUT2D eigenvalue weighted by Crippen LogP contribution is -2.40. The van der Waals surface area contributed by atoms with Crippen molar-refractivity contribution in [2.45, 2.75) is 17.4 Å². The van der Waals surface area contributed by atoms with Crippen molar-refractivity contribution in [1.29, 1.82) is 0 Å². The van der Waals surface area contributed by atoms with Crippen LogP contribution in [0.15, 0.2) is 70.1 Å². The fraction of sp³-hybridized carbons (Fsp3) is 0.227. The van der Waals surface area contributed by atoms with E-state index in [1.54, 1.807) is 18.2 Å². The smallest absolute Gasteiger partial charge is 0.274 e. The number of anilines is 1. The van der Waals surface area contributed by atoms with Crippen LogP contribution in [0.4, 0.5) is 5.69 Å². The zero-order valence-electron chi connectivity index (χ0n) is 16.8. The molecule has 3 aromatic rings. The number of para-hydroxylation sites is 1. The van der Waals surface area contributed by atoms with Crippen molar-refractivity contribution >= 4 is 28.7 Å². The zero-order chi connectivity index (χ0) is 21.5. The van der Waals surface area contributed by atoms with Gasteiger partial charge >= 0.3 is 0 Å². The molecule has 30 heavy (non-hydrogen) atoms. The van der Waals surface area contributed by atoms with Crippen LogP contribution in [0.3, 0.4) is 0 Å². The van der Waals surface area contributed by atoms with E-state index in [1.807, 2.05) is 61.5 Å². The van der Waals surface area contributed by atoms with Crippen LogP contribution in [0.5, 0.6) is 0 Å². The Morgan fingerprint density at radius 1 is 1.17 bits per heavy atom. The van der Waals surface area contributed by atoms with E-state index in [2.05, 4.69) is 10.5 Å². The number of aromatic nitrogens is 1. The van der Waals surface area contributed by atoms with Gasteiger partial charge < -0.3 is 19.5 Å². The number of nitrogens with one attached hydrogen (secondary N) is 1. The molecule has 7 nitrogen and oxygen atoms in total. The monoisotopic (exact) mass is 425 g/mol. The summed E-state index contributed by atoms with van der Waals surface area (Å²) < 4.78 is 18.0. The van der Waals surface area contributed by atoms with E-state index < -0.39 is 22.7 Å². The lowest BCUT2D eigenvalue weighted by Gasteiger charge is -2.18. The van der Waals surface area contributed by atoms with Crippen molar-refractivity contribution in [2.75, 3.05) is 24.7 Å². The van der Waals surface area contributed by atoms with Gasteiger partial charge in [-0.2, -0.15) is 0 Å². The first-order valence-corrected chi connectivity index (χ1v) is 10.7. The fourth-order valence-electron chi connectivity index (χ4n) is 2.93. The molecule has 0 radical (unpaired) electrons. The zero-order valence-corrected chi connectivity index (χ0v) is 17.6. The molecule has 1 amide bonds. The molecule has 1 aromatic heterocycles. The molecule has 0 fully saturated rings. The van der Waals surface area contributed by atoms with E-state index in [0.29, 0.717) is 23.4 Å². The second-order valence-corrected chi connectivity index (χ2v) is 8.40. The van der Waals surface area contributed by atoms with Crippen LogP contribution in [0.25, 0.3) is 0 Å². The molecule has 156 valence electrons. The molecule has 8 heteroatoms. The second kappa shape index (κ2) is 9.98. The van der Waals surface area contributed by atoms with Gasteiger partial charge in [0.25, 0.3) is 5.91 Å². The molecule has 0 aliphatic rings. The molecule has 1 unspecified atom stereocenters. The maximum absolute atomic E-state index is 12.8. The van der Waals surface area contributed by atoms with Gasteiger partial charge in [-0.15, -0.1) is 0 Å². The Labute approximate surface area is 177 Å². The Morgan fingerprint density at radius 3 is 2.57 bits per heavy atom. The lowest BCUT2D eigenvalue weighted by atomic mass is 10.1. The van der Waals surface area contributed by atoms with Gasteiger partial charge in [0.15, 0.2) is 5.69 Å². The summed E-state index contributed by atoms with van der Waals surface area (Å²) in [6.45, 7) is 0. The van der Waals surface area contributed by atoms with Crippen LogP contribution in [0.1, 0.15) is 21.8 Å². The summed E-state index contributed by atoms with van der Waals surface area (Å²) in [6, 6.07) is 17.5. The summed E-state index contributed by atoms with van der Waals surface area (Å²) in [4.78, 5) is 26.4. The van der Waals surface area contributed by atoms with E-state index in [-0.39, 0.29) is 11.4 Å². The molecule has 1 N–H and O–H groups in total. The minimum Gasteiger partial charge on any atom is -0.377 e. The normalized spacial score (nSPS) is 12.7. The van der Waals surface area contributed by atoms with Gasteiger partial charge in [-0.25, -0.2) is 0 Å². The Bertz CT molecular complexity index is 1030. The highest BCUT2D eigenvalue weighted by molar-refractivity contribution is 7.85. The third-order valence-electron chi connectivity index (χ3n) is 4.42. The number of amides is 1. The third-order valence-corrected chi connectivity index (χ3v) is 5.91. The van der Waals surface area contributed by atoms with Crippen LogP contribution < -0.4 is 10.2 Å². The number of rotatable bonds is 9. The highest BCUT2D eigenvalue weighted by Gasteiger charge is 2.21. The quantitative estimate of drug-likeness (QED) is 0.530.